The molecule has 1 saturated carbocycles. The summed E-state index contributed by atoms with van der Waals surface area (Å²) in [6.45, 7) is -1.41. The zero-order chi connectivity index (χ0) is 16.5. The molecule has 22 heavy (non-hydrogen) atoms. The number of carboxylic acid groups (broad SMARTS) is 1. The van der Waals surface area contributed by atoms with Crippen molar-refractivity contribution in [1.82, 2.24) is 10.2 Å². The van der Waals surface area contributed by atoms with Crippen LogP contribution in [0.5, 0.6) is 0 Å². The molecule has 1 atom stereocenters. The zero-order valence-corrected chi connectivity index (χ0v) is 11.8. The Labute approximate surface area is 124 Å². The van der Waals surface area contributed by atoms with Crippen LogP contribution >= 0.6 is 0 Å². The molecule has 2 amide bonds. The maximum atomic E-state index is 12.3. The van der Waals surface area contributed by atoms with Gasteiger partial charge in [0.25, 0.3) is 0 Å². The predicted molar refractivity (Wildman–Crippen MR) is 67.7 cm³/mol. The molecule has 0 aromatic heterocycles. The van der Waals surface area contributed by atoms with Gasteiger partial charge in [-0.15, -0.1) is 0 Å². The van der Waals surface area contributed by atoms with Crippen molar-refractivity contribution >= 4 is 17.8 Å². The Bertz CT molecular complexity index is 488. The van der Waals surface area contributed by atoms with Gasteiger partial charge in [-0.2, -0.15) is 13.2 Å². The average molecular weight is 322 g/mol. The molecule has 1 saturated heterocycles. The van der Waals surface area contributed by atoms with E-state index >= 15 is 0 Å². The first-order valence-corrected chi connectivity index (χ1v) is 7.01. The van der Waals surface area contributed by atoms with Gasteiger partial charge in [-0.05, 0) is 19.3 Å². The smallest absolute Gasteiger partial charge is 0.406 e. The highest BCUT2D eigenvalue weighted by Gasteiger charge is 2.47. The largest absolute Gasteiger partial charge is 0.481 e. The van der Waals surface area contributed by atoms with E-state index < -0.39 is 42.0 Å². The van der Waals surface area contributed by atoms with Crippen molar-refractivity contribution < 1.29 is 32.7 Å². The van der Waals surface area contributed by atoms with Gasteiger partial charge in [-0.3, -0.25) is 14.4 Å². The number of carbonyl (C=O) groups is 3. The molecule has 0 spiro atoms. The third-order valence-electron chi connectivity index (χ3n) is 4.27. The number of alkyl halides is 3. The number of hydrogen-bond acceptors (Lipinski definition) is 3. The average Bonchev–Trinajstić information content (AvgIpc) is 2.64. The highest BCUT2D eigenvalue weighted by Crippen LogP contribution is 2.44. The van der Waals surface area contributed by atoms with Crippen molar-refractivity contribution in [2.75, 3.05) is 13.1 Å². The molecule has 1 heterocycles. The van der Waals surface area contributed by atoms with Crippen molar-refractivity contribution in [3.05, 3.63) is 0 Å². The maximum absolute atomic E-state index is 12.3. The normalized spacial score (nSPS) is 24.0. The number of nitrogens with zero attached hydrogens (tertiary/aromatic N) is 1. The van der Waals surface area contributed by atoms with E-state index in [1.54, 1.807) is 0 Å². The number of aliphatic carboxylic acids is 1. The fraction of sp³-hybridized carbons (Fsp3) is 0.769. The third kappa shape index (κ3) is 3.50. The summed E-state index contributed by atoms with van der Waals surface area (Å²) >= 11 is 0. The highest BCUT2D eigenvalue weighted by molar-refractivity contribution is 5.91. The first-order valence-electron chi connectivity index (χ1n) is 7.01. The van der Waals surface area contributed by atoms with E-state index in [4.69, 9.17) is 5.11 Å². The van der Waals surface area contributed by atoms with Crippen molar-refractivity contribution in [2.24, 2.45) is 5.41 Å². The molecule has 9 heteroatoms. The molecule has 1 aliphatic carbocycles. The lowest BCUT2D eigenvalue weighted by molar-refractivity contribution is -0.159. The van der Waals surface area contributed by atoms with Gasteiger partial charge >= 0.3 is 12.1 Å². The van der Waals surface area contributed by atoms with Gasteiger partial charge in [-0.25, -0.2) is 0 Å². The molecule has 0 aromatic carbocycles. The fourth-order valence-electron chi connectivity index (χ4n) is 2.87. The minimum Gasteiger partial charge on any atom is -0.481 e. The Kier molecular flexibility index (Phi) is 4.35. The van der Waals surface area contributed by atoms with Crippen LogP contribution in [0, 0.1) is 5.41 Å². The topological polar surface area (TPSA) is 86.7 Å². The zero-order valence-electron chi connectivity index (χ0n) is 11.8. The molecule has 2 N–H and O–H groups in total. The molecule has 2 aliphatic rings. The van der Waals surface area contributed by atoms with E-state index in [1.165, 1.54) is 0 Å². The second kappa shape index (κ2) is 5.77. The van der Waals surface area contributed by atoms with Gasteiger partial charge in [0, 0.05) is 13.0 Å². The summed E-state index contributed by atoms with van der Waals surface area (Å²) in [5, 5.41) is 11.5. The molecule has 1 unspecified atom stereocenters. The summed E-state index contributed by atoms with van der Waals surface area (Å²) in [6, 6.07) is -0.999. The number of hydrogen-bond donors (Lipinski definition) is 2. The first-order chi connectivity index (χ1) is 10.1. The molecule has 1 aliphatic heterocycles. The SMILES string of the molecule is O=C(CC1(C(=O)O)CCC1)NC1CCN(CC(F)(F)F)C1=O. The molecule has 2 fully saturated rings. The number of nitrogens with one attached hydrogen (secondary N) is 1. The Hall–Kier alpha value is -1.80. The summed E-state index contributed by atoms with van der Waals surface area (Å²) < 4.78 is 36.9. The number of rotatable bonds is 5. The van der Waals surface area contributed by atoms with Crippen LogP contribution in [0.25, 0.3) is 0 Å². The molecular weight excluding hydrogens is 305 g/mol. The van der Waals surface area contributed by atoms with Gasteiger partial charge in [0.05, 0.1) is 5.41 Å². The standard InChI is InChI=1S/C13H17F3N2O4/c14-13(15,16)7-18-5-2-8(10(18)20)17-9(19)6-12(11(21)22)3-1-4-12/h8H,1-7H2,(H,17,19)(H,21,22). The van der Waals surface area contributed by atoms with Crippen LogP contribution in [-0.2, 0) is 14.4 Å². The second-order valence-electron chi connectivity index (χ2n) is 5.90. The molecule has 0 bridgehead atoms. The van der Waals surface area contributed by atoms with Crippen molar-refractivity contribution in [3.8, 4) is 0 Å². The summed E-state index contributed by atoms with van der Waals surface area (Å²) in [6.07, 6.45) is -3.11. The predicted octanol–water partition coefficient (Wildman–Crippen LogP) is 0.911. The molecule has 0 radical (unpaired) electrons. The lowest BCUT2D eigenvalue weighted by atomic mass is 9.66. The molecular formula is C13H17F3N2O4. The molecule has 6 nitrogen and oxygen atoms in total. The lowest BCUT2D eigenvalue weighted by Crippen LogP contribution is -2.47. The Morgan fingerprint density at radius 2 is 2.00 bits per heavy atom. The highest BCUT2D eigenvalue weighted by atomic mass is 19.4. The second-order valence-corrected chi connectivity index (χ2v) is 5.90. The monoisotopic (exact) mass is 322 g/mol. The summed E-state index contributed by atoms with van der Waals surface area (Å²) in [5.74, 6) is -2.43. The fourth-order valence-corrected chi connectivity index (χ4v) is 2.87. The minimum atomic E-state index is -4.48. The summed E-state index contributed by atoms with van der Waals surface area (Å²) in [7, 11) is 0. The third-order valence-corrected chi connectivity index (χ3v) is 4.27. The van der Waals surface area contributed by atoms with Crippen LogP contribution in [0.1, 0.15) is 32.1 Å². The van der Waals surface area contributed by atoms with E-state index in [1.807, 2.05) is 0 Å². The summed E-state index contributed by atoms with van der Waals surface area (Å²) in [4.78, 5) is 35.5. The van der Waals surface area contributed by atoms with E-state index in [9.17, 15) is 27.6 Å². The quantitative estimate of drug-likeness (QED) is 0.788. The number of halogens is 3. The molecule has 0 aromatic rings. The molecule has 124 valence electrons. The van der Waals surface area contributed by atoms with Crippen LogP contribution < -0.4 is 5.32 Å². The Balaban J connectivity index is 1.88. The van der Waals surface area contributed by atoms with Gasteiger partial charge in [0.2, 0.25) is 11.8 Å². The Morgan fingerprint density at radius 3 is 2.45 bits per heavy atom. The van der Waals surface area contributed by atoms with E-state index in [0.29, 0.717) is 17.7 Å². The molecule has 2 rings (SSSR count). The lowest BCUT2D eigenvalue weighted by Gasteiger charge is -2.37. The van der Waals surface area contributed by atoms with E-state index in [-0.39, 0.29) is 19.4 Å². The maximum Gasteiger partial charge on any atom is 0.406 e. The number of amides is 2. The van der Waals surface area contributed by atoms with Crippen LogP contribution in [0.4, 0.5) is 13.2 Å². The first kappa shape index (κ1) is 16.6. The van der Waals surface area contributed by atoms with Gasteiger partial charge in [-0.1, -0.05) is 6.42 Å². The van der Waals surface area contributed by atoms with Gasteiger partial charge in [0.15, 0.2) is 0 Å². The van der Waals surface area contributed by atoms with E-state index in [0.717, 1.165) is 6.42 Å². The number of carboxylic acids is 1. The Morgan fingerprint density at radius 1 is 1.36 bits per heavy atom. The summed E-state index contributed by atoms with van der Waals surface area (Å²) in [5.41, 5.74) is -1.09. The van der Waals surface area contributed by atoms with Crippen LogP contribution in [0.2, 0.25) is 0 Å². The van der Waals surface area contributed by atoms with Crippen LogP contribution in [0.3, 0.4) is 0 Å². The van der Waals surface area contributed by atoms with Crippen molar-refractivity contribution in [2.45, 2.75) is 44.3 Å². The van der Waals surface area contributed by atoms with E-state index in [2.05, 4.69) is 5.32 Å². The minimum absolute atomic E-state index is 0.0760. The van der Waals surface area contributed by atoms with Crippen molar-refractivity contribution in [1.29, 1.82) is 0 Å². The van der Waals surface area contributed by atoms with Crippen LogP contribution in [0.15, 0.2) is 0 Å². The number of carbonyl (C=O) groups excluding carboxylic acids is 2. The van der Waals surface area contributed by atoms with Crippen molar-refractivity contribution in [3.63, 3.8) is 0 Å². The van der Waals surface area contributed by atoms with Gasteiger partial charge in [0.1, 0.15) is 12.6 Å². The van der Waals surface area contributed by atoms with Gasteiger partial charge < -0.3 is 15.3 Å². The number of likely N-dealkylation sites (tertiary alicyclic amines) is 1. The van der Waals surface area contributed by atoms with Crippen LogP contribution in [-0.4, -0.2) is 53.1 Å².